The Morgan fingerprint density at radius 3 is 2.70 bits per heavy atom. The Hall–Kier alpha value is -0.870. The number of likely N-dealkylation sites (tertiary alicyclic amines) is 1. The minimum absolute atomic E-state index is 0.249. The average molecular weight is 339 g/mol. The van der Waals surface area contributed by atoms with E-state index in [2.05, 4.69) is 28.2 Å². The molecular formula is C16H23BrN2O. The number of nitrogens with zero attached hydrogens (tertiary/aromatic N) is 1. The zero-order valence-electron chi connectivity index (χ0n) is 12.1. The van der Waals surface area contributed by atoms with Gasteiger partial charge in [0.05, 0.1) is 6.42 Å². The summed E-state index contributed by atoms with van der Waals surface area (Å²) in [5, 5.41) is 3.40. The molecular weight excluding hydrogens is 316 g/mol. The van der Waals surface area contributed by atoms with Crippen molar-refractivity contribution >= 4 is 21.8 Å². The highest BCUT2D eigenvalue weighted by Gasteiger charge is 2.22. The van der Waals surface area contributed by atoms with E-state index in [-0.39, 0.29) is 5.91 Å². The summed E-state index contributed by atoms with van der Waals surface area (Å²) in [5.41, 5.74) is 1.08. The number of carbonyl (C=O) groups is 1. The van der Waals surface area contributed by atoms with E-state index in [1.807, 2.05) is 29.2 Å². The number of piperidine rings is 1. The fourth-order valence-corrected chi connectivity index (χ4v) is 3.08. The average Bonchev–Trinajstić information content (AvgIpc) is 2.48. The van der Waals surface area contributed by atoms with Gasteiger partial charge in [-0.2, -0.15) is 0 Å². The normalized spacial score (nSPS) is 16.4. The summed E-state index contributed by atoms with van der Waals surface area (Å²) in [4.78, 5) is 14.3. The smallest absolute Gasteiger partial charge is 0.227 e. The van der Waals surface area contributed by atoms with Crippen LogP contribution in [-0.4, -0.2) is 37.0 Å². The fourth-order valence-electron chi connectivity index (χ4n) is 2.65. The molecule has 0 spiro atoms. The monoisotopic (exact) mass is 338 g/mol. The van der Waals surface area contributed by atoms with Crippen LogP contribution < -0.4 is 5.32 Å². The molecule has 0 saturated carbocycles. The summed E-state index contributed by atoms with van der Waals surface area (Å²) < 4.78 is 1.02. The molecule has 1 aliphatic rings. The first-order chi connectivity index (χ1) is 9.70. The molecule has 1 heterocycles. The van der Waals surface area contributed by atoms with Crippen LogP contribution in [0.2, 0.25) is 0 Å². The second-order valence-corrected chi connectivity index (χ2v) is 6.25. The Kier molecular flexibility index (Phi) is 6.05. The summed E-state index contributed by atoms with van der Waals surface area (Å²) in [6, 6.07) is 7.96. The molecule has 2 rings (SSSR count). The highest BCUT2D eigenvalue weighted by molar-refractivity contribution is 9.10. The van der Waals surface area contributed by atoms with Crippen LogP contribution in [0.5, 0.6) is 0 Å². The molecule has 1 fully saturated rings. The van der Waals surface area contributed by atoms with Crippen molar-refractivity contribution in [2.75, 3.05) is 26.2 Å². The van der Waals surface area contributed by atoms with Gasteiger partial charge in [0, 0.05) is 17.6 Å². The van der Waals surface area contributed by atoms with Crippen molar-refractivity contribution in [1.29, 1.82) is 0 Å². The largest absolute Gasteiger partial charge is 0.342 e. The predicted molar refractivity (Wildman–Crippen MR) is 85.7 cm³/mol. The SMILES string of the molecule is CCNCC1CCN(C(=O)Cc2ccccc2Br)CC1. The zero-order valence-corrected chi connectivity index (χ0v) is 13.7. The third-order valence-corrected chi connectivity index (χ3v) is 4.72. The van der Waals surface area contributed by atoms with Gasteiger partial charge in [0.1, 0.15) is 0 Å². The first-order valence-corrected chi connectivity index (χ1v) is 8.22. The van der Waals surface area contributed by atoms with Crippen LogP contribution in [0.15, 0.2) is 28.7 Å². The summed E-state index contributed by atoms with van der Waals surface area (Å²) >= 11 is 3.51. The molecule has 20 heavy (non-hydrogen) atoms. The molecule has 0 bridgehead atoms. The standard InChI is InChI=1S/C16H23BrN2O/c1-2-18-12-13-7-9-19(10-8-13)16(20)11-14-5-3-4-6-15(14)17/h3-6,13,18H,2,7-12H2,1H3. The lowest BCUT2D eigenvalue weighted by molar-refractivity contribution is -0.131. The maximum atomic E-state index is 12.3. The van der Waals surface area contributed by atoms with Gasteiger partial charge in [-0.05, 0) is 43.5 Å². The Morgan fingerprint density at radius 2 is 2.05 bits per heavy atom. The van der Waals surface area contributed by atoms with Crippen molar-refractivity contribution in [3.05, 3.63) is 34.3 Å². The van der Waals surface area contributed by atoms with E-state index in [1.54, 1.807) is 0 Å². The van der Waals surface area contributed by atoms with E-state index in [1.165, 1.54) is 0 Å². The summed E-state index contributed by atoms with van der Waals surface area (Å²) in [5.74, 6) is 0.973. The van der Waals surface area contributed by atoms with E-state index in [0.29, 0.717) is 6.42 Å². The van der Waals surface area contributed by atoms with Crippen LogP contribution in [0.3, 0.4) is 0 Å². The third-order valence-electron chi connectivity index (χ3n) is 3.95. The van der Waals surface area contributed by atoms with Gasteiger partial charge in [0.2, 0.25) is 5.91 Å². The predicted octanol–water partition coefficient (Wildman–Crippen LogP) is 2.84. The molecule has 0 unspecified atom stereocenters. The Labute approximate surface area is 129 Å². The molecule has 0 atom stereocenters. The van der Waals surface area contributed by atoms with Crippen molar-refractivity contribution in [3.63, 3.8) is 0 Å². The van der Waals surface area contributed by atoms with Gasteiger partial charge < -0.3 is 10.2 Å². The van der Waals surface area contributed by atoms with Crippen LogP contribution in [0.1, 0.15) is 25.3 Å². The van der Waals surface area contributed by atoms with Gasteiger partial charge in [-0.25, -0.2) is 0 Å². The first-order valence-electron chi connectivity index (χ1n) is 7.42. The molecule has 1 aromatic rings. The van der Waals surface area contributed by atoms with Crippen LogP contribution in [0.4, 0.5) is 0 Å². The van der Waals surface area contributed by atoms with Gasteiger partial charge in [-0.15, -0.1) is 0 Å². The lowest BCUT2D eigenvalue weighted by Crippen LogP contribution is -2.41. The van der Waals surface area contributed by atoms with Gasteiger partial charge in [-0.1, -0.05) is 41.1 Å². The van der Waals surface area contributed by atoms with Crippen molar-refractivity contribution in [2.45, 2.75) is 26.2 Å². The topological polar surface area (TPSA) is 32.3 Å². The number of hydrogen-bond acceptors (Lipinski definition) is 2. The van der Waals surface area contributed by atoms with Crippen LogP contribution in [0, 0.1) is 5.92 Å². The molecule has 110 valence electrons. The molecule has 1 N–H and O–H groups in total. The molecule has 3 nitrogen and oxygen atoms in total. The third kappa shape index (κ3) is 4.32. The number of amides is 1. The Morgan fingerprint density at radius 1 is 1.35 bits per heavy atom. The lowest BCUT2D eigenvalue weighted by Gasteiger charge is -2.32. The number of carbonyl (C=O) groups excluding carboxylic acids is 1. The second-order valence-electron chi connectivity index (χ2n) is 5.40. The second kappa shape index (κ2) is 7.79. The van der Waals surface area contributed by atoms with Crippen LogP contribution in [0.25, 0.3) is 0 Å². The van der Waals surface area contributed by atoms with Crippen molar-refractivity contribution in [2.24, 2.45) is 5.92 Å². The molecule has 1 aliphatic heterocycles. The maximum absolute atomic E-state index is 12.3. The molecule has 1 saturated heterocycles. The fraction of sp³-hybridized carbons (Fsp3) is 0.562. The van der Waals surface area contributed by atoms with E-state index in [0.717, 1.165) is 55.0 Å². The minimum atomic E-state index is 0.249. The number of hydrogen-bond donors (Lipinski definition) is 1. The van der Waals surface area contributed by atoms with Gasteiger partial charge in [0.15, 0.2) is 0 Å². The zero-order chi connectivity index (χ0) is 14.4. The molecule has 4 heteroatoms. The summed E-state index contributed by atoms with van der Waals surface area (Å²) in [6.07, 6.45) is 2.74. The van der Waals surface area contributed by atoms with Gasteiger partial charge in [-0.3, -0.25) is 4.79 Å². The minimum Gasteiger partial charge on any atom is -0.342 e. The molecule has 1 amide bonds. The van der Waals surface area contributed by atoms with Crippen LogP contribution in [-0.2, 0) is 11.2 Å². The number of nitrogens with one attached hydrogen (secondary N) is 1. The van der Waals surface area contributed by atoms with Crippen molar-refractivity contribution in [1.82, 2.24) is 10.2 Å². The first kappa shape index (κ1) is 15.5. The van der Waals surface area contributed by atoms with E-state index >= 15 is 0 Å². The van der Waals surface area contributed by atoms with Gasteiger partial charge >= 0.3 is 0 Å². The number of benzene rings is 1. The molecule has 0 aromatic heterocycles. The molecule has 0 radical (unpaired) electrons. The van der Waals surface area contributed by atoms with Gasteiger partial charge in [0.25, 0.3) is 0 Å². The maximum Gasteiger partial charge on any atom is 0.227 e. The summed E-state index contributed by atoms with van der Waals surface area (Å²) in [7, 11) is 0. The molecule has 1 aromatic carbocycles. The number of halogens is 1. The highest BCUT2D eigenvalue weighted by atomic mass is 79.9. The molecule has 0 aliphatic carbocycles. The van der Waals surface area contributed by atoms with E-state index in [4.69, 9.17) is 0 Å². The van der Waals surface area contributed by atoms with E-state index < -0.39 is 0 Å². The highest BCUT2D eigenvalue weighted by Crippen LogP contribution is 2.20. The van der Waals surface area contributed by atoms with E-state index in [9.17, 15) is 4.79 Å². The quantitative estimate of drug-likeness (QED) is 0.895. The van der Waals surface area contributed by atoms with Crippen molar-refractivity contribution in [3.8, 4) is 0 Å². The number of rotatable bonds is 5. The van der Waals surface area contributed by atoms with Crippen LogP contribution >= 0.6 is 15.9 Å². The summed E-state index contributed by atoms with van der Waals surface area (Å²) in [6.45, 7) is 6.05. The van der Waals surface area contributed by atoms with Crippen molar-refractivity contribution < 1.29 is 4.79 Å². The Bertz CT molecular complexity index is 442. The lowest BCUT2D eigenvalue weighted by atomic mass is 9.96. The Balaban J connectivity index is 1.82.